The quantitative estimate of drug-likeness (QED) is 0.485. The van der Waals surface area contributed by atoms with Gasteiger partial charge in [-0.15, -0.1) is 6.58 Å². The number of aryl methyl sites for hydroxylation is 1. The molecule has 0 saturated carbocycles. The second-order valence-electron chi connectivity index (χ2n) is 4.59. The van der Waals surface area contributed by atoms with Crippen LogP contribution in [0.15, 0.2) is 43.0 Å². The normalized spacial score (nSPS) is 13.2. The standard InChI is InChI=1S/C16H26O3Si/c1-5-15(4)19-20(17-6-2,18-7-3)14-13-16-11-9-8-10-12-16/h5,8-12,15H,1,6-7,13-14H2,2-4H3. The van der Waals surface area contributed by atoms with Crippen molar-refractivity contribution < 1.29 is 13.3 Å². The number of benzene rings is 1. The van der Waals surface area contributed by atoms with E-state index in [1.165, 1.54) is 5.56 Å². The van der Waals surface area contributed by atoms with E-state index in [4.69, 9.17) is 13.3 Å². The Balaban J connectivity index is 2.76. The number of rotatable bonds is 10. The van der Waals surface area contributed by atoms with Crippen molar-refractivity contribution in [1.29, 1.82) is 0 Å². The van der Waals surface area contributed by atoms with Gasteiger partial charge in [-0.3, -0.25) is 0 Å². The highest BCUT2D eigenvalue weighted by Crippen LogP contribution is 2.21. The summed E-state index contributed by atoms with van der Waals surface area (Å²) in [4.78, 5) is 0. The summed E-state index contributed by atoms with van der Waals surface area (Å²) in [6, 6.07) is 11.1. The van der Waals surface area contributed by atoms with E-state index in [0.717, 1.165) is 12.5 Å². The van der Waals surface area contributed by atoms with Gasteiger partial charge in [-0.1, -0.05) is 36.4 Å². The second kappa shape index (κ2) is 9.08. The maximum Gasteiger partial charge on any atom is 0.501 e. The first-order valence-electron chi connectivity index (χ1n) is 7.28. The Morgan fingerprint density at radius 2 is 1.75 bits per heavy atom. The Labute approximate surface area is 123 Å². The van der Waals surface area contributed by atoms with E-state index in [0.29, 0.717) is 13.2 Å². The fraction of sp³-hybridized carbons (Fsp3) is 0.500. The van der Waals surface area contributed by atoms with E-state index >= 15 is 0 Å². The highest BCUT2D eigenvalue weighted by Gasteiger charge is 2.41. The molecule has 0 saturated heterocycles. The molecule has 0 aliphatic heterocycles. The summed E-state index contributed by atoms with van der Waals surface area (Å²) < 4.78 is 17.9. The van der Waals surface area contributed by atoms with Gasteiger partial charge < -0.3 is 13.3 Å². The highest BCUT2D eigenvalue weighted by atomic mass is 28.4. The molecule has 0 radical (unpaired) electrons. The van der Waals surface area contributed by atoms with E-state index in [-0.39, 0.29) is 6.10 Å². The Kier molecular flexibility index (Phi) is 7.77. The zero-order valence-corrected chi connectivity index (χ0v) is 13.8. The lowest BCUT2D eigenvalue weighted by atomic mass is 10.2. The van der Waals surface area contributed by atoms with Crippen LogP contribution in [-0.2, 0) is 19.7 Å². The molecular formula is C16H26O3Si. The Morgan fingerprint density at radius 1 is 1.15 bits per heavy atom. The van der Waals surface area contributed by atoms with Crippen LogP contribution < -0.4 is 0 Å². The molecule has 1 aromatic rings. The maximum absolute atomic E-state index is 6.07. The van der Waals surface area contributed by atoms with Crippen LogP contribution in [-0.4, -0.2) is 28.1 Å². The molecule has 1 atom stereocenters. The summed E-state index contributed by atoms with van der Waals surface area (Å²) in [6.07, 6.45) is 2.62. The molecule has 0 fully saturated rings. The third-order valence-electron chi connectivity index (χ3n) is 2.99. The van der Waals surface area contributed by atoms with Gasteiger partial charge in [0.15, 0.2) is 0 Å². The van der Waals surface area contributed by atoms with Gasteiger partial charge in [-0.05, 0) is 32.8 Å². The Bertz CT molecular complexity index is 375. The van der Waals surface area contributed by atoms with Gasteiger partial charge in [-0.25, -0.2) is 0 Å². The molecule has 20 heavy (non-hydrogen) atoms. The first-order valence-corrected chi connectivity index (χ1v) is 9.21. The number of hydrogen-bond acceptors (Lipinski definition) is 3. The molecular weight excluding hydrogens is 268 g/mol. The van der Waals surface area contributed by atoms with Gasteiger partial charge in [0.1, 0.15) is 0 Å². The smallest absolute Gasteiger partial charge is 0.374 e. The van der Waals surface area contributed by atoms with Crippen molar-refractivity contribution in [1.82, 2.24) is 0 Å². The fourth-order valence-electron chi connectivity index (χ4n) is 2.03. The minimum absolute atomic E-state index is 0.0597. The summed E-state index contributed by atoms with van der Waals surface area (Å²) in [7, 11) is -2.63. The molecule has 4 heteroatoms. The molecule has 1 unspecified atom stereocenters. The van der Waals surface area contributed by atoms with Gasteiger partial charge in [-0.2, -0.15) is 0 Å². The minimum Gasteiger partial charge on any atom is -0.374 e. The van der Waals surface area contributed by atoms with Crippen molar-refractivity contribution in [2.45, 2.75) is 39.3 Å². The van der Waals surface area contributed by atoms with Crippen LogP contribution in [0.3, 0.4) is 0 Å². The highest BCUT2D eigenvalue weighted by molar-refractivity contribution is 6.60. The summed E-state index contributed by atoms with van der Waals surface area (Å²) in [5, 5.41) is 0. The van der Waals surface area contributed by atoms with Gasteiger partial charge >= 0.3 is 8.80 Å². The summed E-state index contributed by atoms with van der Waals surface area (Å²) in [5.74, 6) is 0. The van der Waals surface area contributed by atoms with Crippen LogP contribution in [0.1, 0.15) is 26.3 Å². The topological polar surface area (TPSA) is 27.7 Å². The molecule has 112 valence electrons. The molecule has 0 aliphatic carbocycles. The zero-order chi connectivity index (χ0) is 14.8. The molecule has 0 aromatic heterocycles. The largest absolute Gasteiger partial charge is 0.501 e. The van der Waals surface area contributed by atoms with E-state index in [1.54, 1.807) is 6.08 Å². The second-order valence-corrected chi connectivity index (χ2v) is 7.27. The van der Waals surface area contributed by atoms with Gasteiger partial charge in [0.05, 0.1) is 6.10 Å². The lowest BCUT2D eigenvalue weighted by Gasteiger charge is -2.31. The summed E-state index contributed by atoms with van der Waals surface area (Å²) >= 11 is 0. The monoisotopic (exact) mass is 294 g/mol. The Morgan fingerprint density at radius 3 is 2.25 bits per heavy atom. The van der Waals surface area contributed by atoms with Crippen LogP contribution in [0, 0.1) is 0 Å². The predicted octanol–water partition coefficient (Wildman–Crippen LogP) is 3.83. The summed E-state index contributed by atoms with van der Waals surface area (Å²) in [5.41, 5.74) is 1.28. The molecule has 1 aromatic carbocycles. The molecule has 0 spiro atoms. The van der Waals surface area contributed by atoms with E-state index in [2.05, 4.69) is 18.7 Å². The molecule has 1 rings (SSSR count). The average Bonchev–Trinajstić information content (AvgIpc) is 2.47. The van der Waals surface area contributed by atoms with Crippen molar-refractivity contribution in [2.24, 2.45) is 0 Å². The van der Waals surface area contributed by atoms with Gasteiger partial charge in [0.2, 0.25) is 0 Å². The third kappa shape index (κ3) is 5.59. The molecule has 3 nitrogen and oxygen atoms in total. The third-order valence-corrected chi connectivity index (χ3v) is 6.04. The fourth-order valence-corrected chi connectivity index (χ4v) is 4.79. The van der Waals surface area contributed by atoms with Crippen LogP contribution in [0.2, 0.25) is 6.04 Å². The lowest BCUT2D eigenvalue weighted by Crippen LogP contribution is -2.48. The first-order chi connectivity index (χ1) is 9.65. The molecule has 0 amide bonds. The molecule has 0 bridgehead atoms. The average molecular weight is 294 g/mol. The van der Waals surface area contributed by atoms with Crippen molar-refractivity contribution in [3.05, 3.63) is 48.6 Å². The van der Waals surface area contributed by atoms with Crippen molar-refractivity contribution in [3.8, 4) is 0 Å². The van der Waals surface area contributed by atoms with E-state index < -0.39 is 8.80 Å². The predicted molar refractivity (Wildman–Crippen MR) is 84.7 cm³/mol. The maximum atomic E-state index is 6.07. The molecule has 0 aliphatic rings. The van der Waals surface area contributed by atoms with Crippen molar-refractivity contribution in [3.63, 3.8) is 0 Å². The minimum atomic E-state index is -2.63. The van der Waals surface area contributed by atoms with Crippen molar-refractivity contribution in [2.75, 3.05) is 13.2 Å². The van der Waals surface area contributed by atoms with E-state index in [1.807, 2.05) is 39.0 Å². The van der Waals surface area contributed by atoms with E-state index in [9.17, 15) is 0 Å². The van der Waals surface area contributed by atoms with Crippen LogP contribution >= 0.6 is 0 Å². The van der Waals surface area contributed by atoms with Crippen LogP contribution in [0.25, 0.3) is 0 Å². The van der Waals surface area contributed by atoms with Crippen LogP contribution in [0.4, 0.5) is 0 Å². The number of hydrogen-bond donors (Lipinski definition) is 0. The van der Waals surface area contributed by atoms with Crippen molar-refractivity contribution >= 4 is 8.80 Å². The molecule has 0 heterocycles. The van der Waals surface area contributed by atoms with Gasteiger partial charge in [0, 0.05) is 19.3 Å². The lowest BCUT2D eigenvalue weighted by molar-refractivity contribution is 0.0525. The first kappa shape index (κ1) is 17.1. The summed E-state index contributed by atoms with van der Waals surface area (Å²) in [6.45, 7) is 10.9. The zero-order valence-electron chi connectivity index (χ0n) is 12.8. The molecule has 0 N–H and O–H groups in total. The van der Waals surface area contributed by atoms with Gasteiger partial charge in [0.25, 0.3) is 0 Å². The van der Waals surface area contributed by atoms with Crippen LogP contribution in [0.5, 0.6) is 0 Å². The SMILES string of the molecule is C=CC(C)O[Si](CCc1ccccc1)(OCC)OCC. The Hall–Kier alpha value is -0.943.